The van der Waals surface area contributed by atoms with E-state index < -0.39 is 0 Å². The molecule has 5 heteroatoms. The molecule has 0 atom stereocenters. The number of aromatic nitrogens is 4. The van der Waals surface area contributed by atoms with Crippen molar-refractivity contribution >= 4 is 60.2 Å². The molecule has 0 aliphatic heterocycles. The first-order chi connectivity index (χ1) is 35.6. The smallest absolute Gasteiger partial charge is 0.309 e. The Balaban J connectivity index is 0.917. The first kappa shape index (κ1) is 41.5. The van der Waals surface area contributed by atoms with Crippen LogP contribution in [0.3, 0.4) is 0 Å². The van der Waals surface area contributed by atoms with Gasteiger partial charge in [-0.2, -0.15) is 0 Å². The summed E-state index contributed by atoms with van der Waals surface area (Å²) in [5.41, 5.74) is 19.1. The number of hydrogen-bond donors (Lipinski definition) is 0. The van der Waals surface area contributed by atoms with Crippen molar-refractivity contribution in [2.24, 2.45) is 0 Å². The molecular weight excluding hydrogens is 877 g/mol. The fourth-order valence-corrected chi connectivity index (χ4v) is 11.3. The molecule has 1 aliphatic carbocycles. The van der Waals surface area contributed by atoms with E-state index in [2.05, 4.69) is 228 Å². The number of rotatable bonds is 8. The lowest BCUT2D eigenvalue weighted by Gasteiger charge is -2.12. The van der Waals surface area contributed by atoms with Crippen LogP contribution in [0.25, 0.3) is 116 Å². The Labute approximate surface area is 416 Å². The molecule has 0 saturated carbocycles. The Morgan fingerprint density at radius 2 is 0.653 bits per heavy atom. The molecule has 3 heterocycles. The van der Waals surface area contributed by atoms with Gasteiger partial charge in [0.25, 0.3) is 0 Å². The zero-order chi connectivity index (χ0) is 47.7. The SMILES string of the molecule is O=c1n(-c2cccc(-n3c4ccc(C5=CC=CCC5)cc4c4cc(-c5ccccc5)ccc43)c2)c2ccccc2n1-c1cccc(-n2c3ccc(-c4ccccc4)cc3c3cc(-c4ccccc4)ccc32)c1. The summed E-state index contributed by atoms with van der Waals surface area (Å²) in [6.45, 7) is 0. The maximum atomic E-state index is 15.3. The largest absolute Gasteiger partial charge is 0.338 e. The maximum Gasteiger partial charge on any atom is 0.338 e. The van der Waals surface area contributed by atoms with E-state index in [1.54, 1.807) is 0 Å². The third-order valence-electron chi connectivity index (χ3n) is 14.7. The van der Waals surface area contributed by atoms with Crippen LogP contribution in [0.2, 0.25) is 0 Å². The second-order valence-electron chi connectivity index (χ2n) is 18.8. The van der Waals surface area contributed by atoms with E-state index in [1.807, 2.05) is 45.5 Å². The molecule has 13 aromatic rings. The minimum atomic E-state index is -0.137. The van der Waals surface area contributed by atoms with Gasteiger partial charge < -0.3 is 9.13 Å². The molecule has 3 aromatic heterocycles. The van der Waals surface area contributed by atoms with Crippen LogP contribution >= 0.6 is 0 Å². The van der Waals surface area contributed by atoms with E-state index >= 15 is 4.79 Å². The summed E-state index contributed by atoms with van der Waals surface area (Å²) in [5.74, 6) is 0. The normalized spacial score (nSPS) is 12.7. The van der Waals surface area contributed by atoms with Crippen molar-refractivity contribution in [2.75, 3.05) is 0 Å². The van der Waals surface area contributed by atoms with Crippen LogP contribution in [0.4, 0.5) is 0 Å². The van der Waals surface area contributed by atoms with Gasteiger partial charge in [-0.25, -0.2) is 4.79 Å². The van der Waals surface area contributed by atoms with Crippen LogP contribution in [0.5, 0.6) is 0 Å². The monoisotopic (exact) mass is 922 g/mol. The molecule has 0 radical (unpaired) electrons. The molecule has 0 N–H and O–H groups in total. The van der Waals surface area contributed by atoms with Gasteiger partial charge in [-0.1, -0.05) is 158 Å². The number of para-hydroxylation sites is 2. The Kier molecular flexibility index (Phi) is 9.75. The van der Waals surface area contributed by atoms with Gasteiger partial charge in [-0.15, -0.1) is 0 Å². The van der Waals surface area contributed by atoms with Crippen molar-refractivity contribution in [1.29, 1.82) is 0 Å². The van der Waals surface area contributed by atoms with Crippen molar-refractivity contribution in [3.8, 4) is 56.1 Å². The average Bonchev–Trinajstić information content (AvgIpc) is 4.07. The van der Waals surface area contributed by atoms with Gasteiger partial charge in [0.05, 0.1) is 44.5 Å². The third kappa shape index (κ3) is 6.81. The highest BCUT2D eigenvalue weighted by Crippen LogP contribution is 2.40. The van der Waals surface area contributed by atoms with Gasteiger partial charge in [0.1, 0.15) is 0 Å². The first-order valence-corrected chi connectivity index (χ1v) is 24.8. The Morgan fingerprint density at radius 1 is 0.292 bits per heavy atom. The van der Waals surface area contributed by atoms with Crippen molar-refractivity contribution < 1.29 is 0 Å². The van der Waals surface area contributed by atoms with Crippen LogP contribution in [-0.2, 0) is 0 Å². The minimum Gasteiger partial charge on any atom is -0.309 e. The highest BCUT2D eigenvalue weighted by molar-refractivity contribution is 6.13. The highest BCUT2D eigenvalue weighted by atomic mass is 16.1. The van der Waals surface area contributed by atoms with Crippen molar-refractivity contribution in [3.63, 3.8) is 0 Å². The van der Waals surface area contributed by atoms with Crippen molar-refractivity contribution in [3.05, 3.63) is 271 Å². The molecule has 0 spiro atoms. The molecule has 0 bridgehead atoms. The van der Waals surface area contributed by atoms with E-state index in [4.69, 9.17) is 0 Å². The summed E-state index contributed by atoms with van der Waals surface area (Å²) in [6, 6.07) is 84.0. The third-order valence-corrected chi connectivity index (χ3v) is 14.7. The quantitative estimate of drug-likeness (QED) is 0.150. The molecule has 340 valence electrons. The lowest BCUT2D eigenvalue weighted by Crippen LogP contribution is -2.22. The zero-order valence-corrected chi connectivity index (χ0v) is 39.4. The van der Waals surface area contributed by atoms with Crippen LogP contribution in [0.1, 0.15) is 18.4 Å². The summed E-state index contributed by atoms with van der Waals surface area (Å²) in [7, 11) is 0. The van der Waals surface area contributed by atoms with Gasteiger partial charge in [-0.05, 0) is 154 Å². The number of hydrogen-bond acceptors (Lipinski definition) is 1. The molecular formula is C67H46N4O. The molecule has 0 unspecified atom stereocenters. The average molecular weight is 923 g/mol. The zero-order valence-electron chi connectivity index (χ0n) is 39.4. The lowest BCUT2D eigenvalue weighted by atomic mass is 9.95. The number of fused-ring (bicyclic) bond motifs is 7. The van der Waals surface area contributed by atoms with Gasteiger partial charge in [0, 0.05) is 32.9 Å². The summed E-state index contributed by atoms with van der Waals surface area (Å²) < 4.78 is 8.42. The summed E-state index contributed by atoms with van der Waals surface area (Å²) >= 11 is 0. The molecule has 10 aromatic carbocycles. The standard InChI is InChI=1S/C67H46N4O/c72-67-70(55-27-15-25-53(43-55)68-61-35-31-49(45-17-5-1-6-18-45)39-57(61)58-40-50(32-36-62(58)68)46-19-7-2-8-20-46)65-29-13-14-30-66(65)71(67)56-28-16-26-54(44-56)69-63-37-33-51(47-21-9-3-10-22-47)41-59(63)60-42-52(34-38-64(60)69)48-23-11-4-12-24-48/h1-11,13-23,25-44H,12,24H2. The second kappa shape index (κ2) is 16.9. The molecule has 14 rings (SSSR count). The number of nitrogens with zero attached hydrogens (tertiary/aromatic N) is 4. The highest BCUT2D eigenvalue weighted by Gasteiger charge is 2.21. The molecule has 0 saturated heterocycles. The second-order valence-corrected chi connectivity index (χ2v) is 18.8. The molecule has 0 amide bonds. The topological polar surface area (TPSA) is 36.8 Å². The van der Waals surface area contributed by atoms with Crippen molar-refractivity contribution in [1.82, 2.24) is 18.3 Å². The Hall–Kier alpha value is -9.45. The van der Waals surface area contributed by atoms with Gasteiger partial charge in [0.15, 0.2) is 0 Å². The summed E-state index contributed by atoms with van der Waals surface area (Å²) in [4.78, 5) is 15.3. The fourth-order valence-electron chi connectivity index (χ4n) is 11.3. The van der Waals surface area contributed by atoms with E-state index in [0.29, 0.717) is 0 Å². The number of allylic oxidation sites excluding steroid dienone is 4. The van der Waals surface area contributed by atoms with Gasteiger partial charge >= 0.3 is 5.69 Å². The molecule has 72 heavy (non-hydrogen) atoms. The van der Waals surface area contributed by atoms with Gasteiger partial charge in [0.2, 0.25) is 0 Å². The molecule has 5 nitrogen and oxygen atoms in total. The van der Waals surface area contributed by atoms with Crippen LogP contribution in [0, 0.1) is 0 Å². The van der Waals surface area contributed by atoms with E-state index in [-0.39, 0.29) is 5.69 Å². The van der Waals surface area contributed by atoms with Crippen LogP contribution < -0.4 is 5.69 Å². The number of imidazole rings is 1. The van der Waals surface area contributed by atoms with E-state index in [0.717, 1.165) is 68.7 Å². The van der Waals surface area contributed by atoms with Crippen molar-refractivity contribution in [2.45, 2.75) is 12.8 Å². The summed E-state index contributed by atoms with van der Waals surface area (Å²) in [5, 5.41) is 4.73. The lowest BCUT2D eigenvalue weighted by molar-refractivity contribution is 0.927. The first-order valence-electron chi connectivity index (χ1n) is 24.8. The maximum absolute atomic E-state index is 15.3. The van der Waals surface area contributed by atoms with E-state index in [1.165, 1.54) is 66.1 Å². The molecule has 1 aliphatic rings. The van der Waals surface area contributed by atoms with Crippen LogP contribution in [-0.4, -0.2) is 18.3 Å². The van der Waals surface area contributed by atoms with Crippen LogP contribution in [0.15, 0.2) is 260 Å². The fraction of sp³-hybridized carbons (Fsp3) is 0.0299. The Bertz CT molecular complexity index is 4300. The van der Waals surface area contributed by atoms with Gasteiger partial charge in [-0.3, -0.25) is 9.13 Å². The Morgan fingerprint density at radius 3 is 1.04 bits per heavy atom. The predicted molar refractivity (Wildman–Crippen MR) is 300 cm³/mol. The number of benzene rings is 10. The van der Waals surface area contributed by atoms with E-state index in [9.17, 15) is 0 Å². The minimum absolute atomic E-state index is 0.137. The summed E-state index contributed by atoms with van der Waals surface area (Å²) in [6.07, 6.45) is 8.74. The molecule has 0 fully saturated rings. The predicted octanol–water partition coefficient (Wildman–Crippen LogP) is 16.7.